The van der Waals surface area contributed by atoms with Crippen LogP contribution in [0.25, 0.3) is 0 Å². The van der Waals surface area contributed by atoms with Crippen LogP contribution in [-0.4, -0.2) is 60.9 Å². The number of rotatable bonds is 9. The first-order valence-corrected chi connectivity index (χ1v) is 15.3. The molecule has 4 aromatic rings. The molecule has 0 atom stereocenters. The molecule has 4 aromatic carbocycles. The fourth-order valence-electron chi connectivity index (χ4n) is 5.52. The van der Waals surface area contributed by atoms with E-state index in [2.05, 4.69) is 19.6 Å². The predicted octanol–water partition coefficient (Wildman–Crippen LogP) is 7.39. The smallest absolute Gasteiger partial charge is 0.191 e. The van der Waals surface area contributed by atoms with Crippen molar-refractivity contribution in [2.24, 2.45) is 0 Å². The summed E-state index contributed by atoms with van der Waals surface area (Å²) in [5.41, 5.74) is 4.69. The second kappa shape index (κ2) is 13.6. The van der Waals surface area contributed by atoms with E-state index < -0.39 is 0 Å². The van der Waals surface area contributed by atoms with Gasteiger partial charge in [0, 0.05) is 82.3 Å². The molecule has 0 radical (unpaired) electrons. The number of Topliss-reactive ketones (excluding diaryl/α,β-unsaturated/α-hetero) is 2. The van der Waals surface area contributed by atoms with Gasteiger partial charge in [-0.05, 0) is 72.8 Å². The van der Waals surface area contributed by atoms with E-state index in [4.69, 9.17) is 23.2 Å². The Labute approximate surface area is 268 Å². The lowest BCUT2D eigenvalue weighted by molar-refractivity contribution is 0.0998. The van der Waals surface area contributed by atoms with E-state index >= 15 is 0 Å². The number of carbonyl (C=O) groups is 2. The molecule has 8 heteroatoms. The van der Waals surface area contributed by atoms with Crippen LogP contribution in [0.1, 0.15) is 20.7 Å². The minimum absolute atomic E-state index is 0.0145. The van der Waals surface area contributed by atoms with Gasteiger partial charge in [0.05, 0.1) is 13.3 Å². The Bertz CT molecular complexity index is 1550. The van der Waals surface area contributed by atoms with Gasteiger partial charge in [-0.3, -0.25) is 19.4 Å². The molecule has 0 fully saturated rings. The molecule has 0 aromatic heterocycles. The predicted molar refractivity (Wildman–Crippen MR) is 178 cm³/mol. The van der Waals surface area contributed by atoms with Crippen LogP contribution < -0.4 is 9.80 Å². The fourth-order valence-corrected chi connectivity index (χ4v) is 5.77. The Morgan fingerprint density at radius 1 is 0.523 bits per heavy atom. The Morgan fingerprint density at radius 2 is 0.886 bits per heavy atom. The van der Waals surface area contributed by atoms with Crippen LogP contribution in [0.5, 0.6) is 0 Å². The monoisotopic (exact) mass is 622 g/mol. The van der Waals surface area contributed by atoms with Gasteiger partial charge in [0.15, 0.2) is 11.6 Å². The summed E-state index contributed by atoms with van der Waals surface area (Å²) < 4.78 is 0. The van der Waals surface area contributed by atoms with Gasteiger partial charge in [-0.25, -0.2) is 0 Å². The van der Waals surface area contributed by atoms with E-state index in [-0.39, 0.29) is 11.6 Å². The van der Waals surface area contributed by atoms with Crippen molar-refractivity contribution < 1.29 is 9.59 Å². The average Bonchev–Trinajstić information content (AvgIpc) is 3.08. The average molecular weight is 624 g/mol. The van der Waals surface area contributed by atoms with Crippen molar-refractivity contribution in [1.29, 1.82) is 0 Å². The number of halogens is 2. The van der Waals surface area contributed by atoms with Gasteiger partial charge < -0.3 is 9.80 Å². The van der Waals surface area contributed by atoms with E-state index in [0.717, 1.165) is 11.4 Å². The molecule has 0 amide bonds. The molecule has 6 rings (SSSR count). The van der Waals surface area contributed by atoms with Crippen molar-refractivity contribution in [3.8, 4) is 0 Å². The number of carbonyl (C=O) groups excluding carboxylic acids is 2. The molecule has 44 heavy (non-hydrogen) atoms. The molecule has 0 saturated carbocycles. The summed E-state index contributed by atoms with van der Waals surface area (Å²) in [5, 5.41) is 1.20. The van der Waals surface area contributed by atoms with Gasteiger partial charge in [-0.2, -0.15) is 0 Å². The van der Waals surface area contributed by atoms with E-state index in [1.54, 1.807) is 48.5 Å². The SMILES string of the molecule is O=C(C1=CN(c2ccccc2)CN(CCN2CC(C(=O)c3ccc(Cl)cc3)=CN(c3ccccc3)C2)C1)c1ccc(Cl)cc1. The topological polar surface area (TPSA) is 47.1 Å². The first-order valence-electron chi connectivity index (χ1n) is 14.5. The third-order valence-electron chi connectivity index (χ3n) is 7.82. The quantitative estimate of drug-likeness (QED) is 0.181. The summed E-state index contributed by atoms with van der Waals surface area (Å²) in [4.78, 5) is 36.0. The summed E-state index contributed by atoms with van der Waals surface area (Å²) in [6, 6.07) is 34.2. The largest absolute Gasteiger partial charge is 0.334 e. The van der Waals surface area contributed by atoms with Crippen LogP contribution in [0.4, 0.5) is 11.4 Å². The molecule has 222 valence electrons. The highest BCUT2D eigenvalue weighted by molar-refractivity contribution is 6.31. The highest BCUT2D eigenvalue weighted by Crippen LogP contribution is 2.25. The maximum Gasteiger partial charge on any atom is 0.191 e. The highest BCUT2D eigenvalue weighted by atomic mass is 35.5. The van der Waals surface area contributed by atoms with Crippen molar-refractivity contribution in [1.82, 2.24) is 9.80 Å². The second-order valence-corrected chi connectivity index (χ2v) is 11.9. The lowest BCUT2D eigenvalue weighted by Crippen LogP contribution is -2.48. The van der Waals surface area contributed by atoms with Crippen molar-refractivity contribution >= 4 is 46.1 Å². The molecule has 0 bridgehead atoms. The molecule has 0 unspecified atom stereocenters. The van der Waals surface area contributed by atoms with Gasteiger partial charge >= 0.3 is 0 Å². The van der Waals surface area contributed by atoms with Crippen molar-refractivity contribution in [2.75, 3.05) is 49.3 Å². The first kappa shape index (κ1) is 29.9. The lowest BCUT2D eigenvalue weighted by Gasteiger charge is -2.39. The zero-order valence-electron chi connectivity index (χ0n) is 24.2. The summed E-state index contributed by atoms with van der Waals surface area (Å²) >= 11 is 12.2. The Hall–Kier alpha value is -4.20. The summed E-state index contributed by atoms with van der Waals surface area (Å²) in [7, 11) is 0. The summed E-state index contributed by atoms with van der Waals surface area (Å²) in [5.74, 6) is -0.0291. The molecular weight excluding hydrogens is 591 g/mol. The Balaban J connectivity index is 1.21. The zero-order chi connectivity index (χ0) is 30.5. The van der Waals surface area contributed by atoms with Gasteiger partial charge in [-0.15, -0.1) is 0 Å². The summed E-state index contributed by atoms with van der Waals surface area (Å²) in [6.07, 6.45) is 3.93. The first-order chi connectivity index (χ1) is 21.4. The fraction of sp³-hybridized carbons (Fsp3) is 0.167. The maximum atomic E-state index is 13.6. The molecular formula is C36H32Cl2N4O2. The van der Waals surface area contributed by atoms with Gasteiger partial charge in [-0.1, -0.05) is 59.6 Å². The van der Waals surface area contributed by atoms with E-state index in [0.29, 0.717) is 71.8 Å². The van der Waals surface area contributed by atoms with Crippen LogP contribution in [-0.2, 0) is 0 Å². The van der Waals surface area contributed by atoms with Crippen LogP contribution in [0.3, 0.4) is 0 Å². The minimum atomic E-state index is -0.0145. The molecule has 2 heterocycles. The van der Waals surface area contributed by atoms with Gasteiger partial charge in [0.25, 0.3) is 0 Å². The van der Waals surface area contributed by atoms with Gasteiger partial charge in [0.2, 0.25) is 0 Å². The molecule has 2 aliphatic rings. The van der Waals surface area contributed by atoms with Crippen molar-refractivity contribution in [2.45, 2.75) is 0 Å². The molecule has 6 nitrogen and oxygen atoms in total. The number of hydrogen-bond donors (Lipinski definition) is 0. The second-order valence-electron chi connectivity index (χ2n) is 11.0. The third-order valence-corrected chi connectivity index (χ3v) is 8.32. The van der Waals surface area contributed by atoms with E-state index in [1.807, 2.05) is 73.1 Å². The molecule has 2 aliphatic heterocycles. The number of ketones is 2. The molecule has 0 spiro atoms. The van der Waals surface area contributed by atoms with Crippen LogP contribution in [0.2, 0.25) is 10.0 Å². The van der Waals surface area contributed by atoms with Crippen LogP contribution >= 0.6 is 23.2 Å². The maximum absolute atomic E-state index is 13.6. The van der Waals surface area contributed by atoms with Gasteiger partial charge in [0.1, 0.15) is 0 Å². The third kappa shape index (κ3) is 7.12. The number of nitrogens with zero attached hydrogens (tertiary/aromatic N) is 4. The zero-order valence-corrected chi connectivity index (χ0v) is 25.7. The molecule has 0 N–H and O–H groups in total. The van der Waals surface area contributed by atoms with Crippen molar-refractivity contribution in [3.05, 3.63) is 154 Å². The van der Waals surface area contributed by atoms with Crippen LogP contribution in [0, 0.1) is 0 Å². The summed E-state index contributed by atoms with van der Waals surface area (Å²) in [6.45, 7) is 3.74. The Kier molecular flexibility index (Phi) is 9.24. The number of anilines is 2. The van der Waals surface area contributed by atoms with Crippen LogP contribution in [0.15, 0.2) is 133 Å². The molecule has 0 aliphatic carbocycles. The number of hydrogen-bond acceptors (Lipinski definition) is 6. The Morgan fingerprint density at radius 3 is 1.25 bits per heavy atom. The lowest BCUT2D eigenvalue weighted by atomic mass is 10.0. The minimum Gasteiger partial charge on any atom is -0.334 e. The molecule has 0 saturated heterocycles. The van der Waals surface area contributed by atoms with Crippen molar-refractivity contribution in [3.63, 3.8) is 0 Å². The standard InChI is InChI=1S/C36H32Cl2N4O2/c37-31-15-11-27(12-16-31)35(43)29-21-39(25-41(23-29)33-7-3-1-4-8-33)19-20-40-22-30(36(44)28-13-17-32(38)18-14-28)24-42(26-40)34-9-5-2-6-10-34/h1-18,23-24H,19-22,25-26H2. The normalized spacial score (nSPS) is 16.0. The number of benzene rings is 4. The number of para-hydroxylation sites is 2. The van der Waals surface area contributed by atoms with E-state index in [9.17, 15) is 9.59 Å². The highest BCUT2D eigenvalue weighted by Gasteiger charge is 2.27. The van der Waals surface area contributed by atoms with E-state index in [1.165, 1.54) is 0 Å².